The highest BCUT2D eigenvalue weighted by molar-refractivity contribution is 7.90. The van der Waals surface area contributed by atoms with E-state index in [9.17, 15) is 18.0 Å². The highest BCUT2D eigenvalue weighted by Gasteiger charge is 2.18. The minimum atomic E-state index is -4.07. The van der Waals surface area contributed by atoms with E-state index in [0.29, 0.717) is 20.8 Å². The Labute approximate surface area is 187 Å². The van der Waals surface area contributed by atoms with Crippen LogP contribution in [0, 0.1) is 0 Å². The van der Waals surface area contributed by atoms with Crippen molar-refractivity contribution in [2.75, 3.05) is 13.2 Å². The van der Waals surface area contributed by atoms with Crippen LogP contribution in [0.3, 0.4) is 0 Å². The van der Waals surface area contributed by atoms with Crippen molar-refractivity contribution < 1.29 is 27.5 Å². The van der Waals surface area contributed by atoms with E-state index in [1.807, 2.05) is 0 Å². The van der Waals surface area contributed by atoms with Crippen LogP contribution in [0.5, 0.6) is 0 Å². The summed E-state index contributed by atoms with van der Waals surface area (Å²) in [5.41, 5.74) is 0.849. The molecule has 1 heterocycles. The normalized spacial score (nSPS) is 12.2. The molecule has 0 radical (unpaired) electrons. The number of thiazole rings is 1. The maximum Gasteiger partial charge on any atom is 0.338 e. The number of carbonyl (C=O) groups is 2. The number of fused-ring (bicyclic) bond motifs is 1. The predicted octanol–water partition coefficient (Wildman–Crippen LogP) is 3.39. The Balaban J connectivity index is 2.17. The van der Waals surface area contributed by atoms with Crippen LogP contribution in [0.25, 0.3) is 10.2 Å². The molecule has 0 aliphatic rings. The van der Waals surface area contributed by atoms with Crippen LogP contribution in [-0.2, 0) is 30.8 Å². The molecular formula is C20H19ClN2O6S2. The van der Waals surface area contributed by atoms with Crippen molar-refractivity contribution >= 4 is 55.1 Å². The SMILES string of the molecule is CCOC(=O)Cn1c(=NS(=O)(=O)c2ccc(Cl)cc2)sc2cc(C(=O)OCC)ccc21. The first-order chi connectivity index (χ1) is 14.7. The Kier molecular flexibility index (Phi) is 7.14. The lowest BCUT2D eigenvalue weighted by Crippen LogP contribution is -2.23. The van der Waals surface area contributed by atoms with E-state index >= 15 is 0 Å². The van der Waals surface area contributed by atoms with Gasteiger partial charge in [0.2, 0.25) is 4.80 Å². The average molecular weight is 483 g/mol. The van der Waals surface area contributed by atoms with Gasteiger partial charge in [-0.3, -0.25) is 4.79 Å². The fourth-order valence-corrected chi connectivity index (χ4v) is 5.13. The summed E-state index contributed by atoms with van der Waals surface area (Å²) in [6.07, 6.45) is 0. The van der Waals surface area contributed by atoms with Gasteiger partial charge in [0.15, 0.2) is 0 Å². The lowest BCUT2D eigenvalue weighted by molar-refractivity contribution is -0.143. The molecule has 0 atom stereocenters. The largest absolute Gasteiger partial charge is 0.465 e. The molecule has 0 aliphatic heterocycles. The van der Waals surface area contributed by atoms with Crippen molar-refractivity contribution in [1.29, 1.82) is 0 Å². The molecule has 0 saturated heterocycles. The van der Waals surface area contributed by atoms with Gasteiger partial charge in [-0.2, -0.15) is 8.42 Å². The van der Waals surface area contributed by atoms with Crippen LogP contribution in [-0.4, -0.2) is 38.1 Å². The molecule has 0 saturated carbocycles. The molecule has 8 nitrogen and oxygen atoms in total. The standard InChI is InChI=1S/C20H19ClN2O6S2/c1-3-28-18(24)12-23-16-10-5-13(19(25)29-4-2)11-17(16)30-20(23)22-31(26,27)15-8-6-14(21)7-9-15/h5-11H,3-4,12H2,1-2H3. The molecule has 0 unspecified atom stereocenters. The van der Waals surface area contributed by atoms with E-state index in [1.165, 1.54) is 28.8 Å². The second-order valence-electron chi connectivity index (χ2n) is 6.20. The lowest BCUT2D eigenvalue weighted by atomic mass is 10.2. The summed E-state index contributed by atoms with van der Waals surface area (Å²) in [6, 6.07) is 10.3. The molecule has 0 amide bonds. The van der Waals surface area contributed by atoms with Crippen molar-refractivity contribution in [2.24, 2.45) is 4.40 Å². The molecule has 31 heavy (non-hydrogen) atoms. The Morgan fingerprint density at radius 3 is 2.39 bits per heavy atom. The third-order valence-electron chi connectivity index (χ3n) is 4.10. The molecule has 0 N–H and O–H groups in total. The van der Waals surface area contributed by atoms with Crippen LogP contribution in [0.1, 0.15) is 24.2 Å². The number of hydrogen-bond donors (Lipinski definition) is 0. The van der Waals surface area contributed by atoms with Crippen molar-refractivity contribution in [2.45, 2.75) is 25.3 Å². The summed E-state index contributed by atoms with van der Waals surface area (Å²) in [5, 5.41) is 0.393. The van der Waals surface area contributed by atoms with Crippen molar-refractivity contribution in [3.8, 4) is 0 Å². The van der Waals surface area contributed by atoms with E-state index in [2.05, 4.69) is 4.40 Å². The second kappa shape index (κ2) is 9.63. The molecule has 3 aromatic rings. The second-order valence-corrected chi connectivity index (χ2v) is 9.25. The van der Waals surface area contributed by atoms with Gasteiger partial charge in [0.25, 0.3) is 10.0 Å². The van der Waals surface area contributed by atoms with Crippen molar-refractivity contribution in [3.63, 3.8) is 0 Å². The van der Waals surface area contributed by atoms with Gasteiger partial charge in [-0.05, 0) is 56.3 Å². The van der Waals surface area contributed by atoms with Gasteiger partial charge in [-0.1, -0.05) is 22.9 Å². The van der Waals surface area contributed by atoms with E-state index in [-0.39, 0.29) is 29.5 Å². The Hall–Kier alpha value is -2.69. The average Bonchev–Trinajstić information content (AvgIpc) is 3.04. The maximum atomic E-state index is 12.8. The highest BCUT2D eigenvalue weighted by Crippen LogP contribution is 2.21. The summed E-state index contributed by atoms with van der Waals surface area (Å²) < 4.78 is 41.6. The number of ether oxygens (including phenoxy) is 2. The van der Waals surface area contributed by atoms with Gasteiger partial charge in [-0.25, -0.2) is 4.79 Å². The molecule has 0 aliphatic carbocycles. The Bertz CT molecular complexity index is 1290. The van der Waals surface area contributed by atoms with E-state index in [1.54, 1.807) is 32.0 Å². The van der Waals surface area contributed by atoms with Gasteiger partial charge in [0.1, 0.15) is 6.54 Å². The number of aromatic nitrogens is 1. The van der Waals surface area contributed by atoms with Crippen LogP contribution >= 0.6 is 22.9 Å². The zero-order valence-electron chi connectivity index (χ0n) is 16.7. The summed E-state index contributed by atoms with van der Waals surface area (Å²) in [6.45, 7) is 3.55. The number of sulfonamides is 1. The quantitative estimate of drug-likeness (QED) is 0.478. The number of rotatable bonds is 7. The summed E-state index contributed by atoms with van der Waals surface area (Å²) in [5.74, 6) is -1.04. The molecule has 0 spiro atoms. The van der Waals surface area contributed by atoms with Crippen LogP contribution in [0.2, 0.25) is 5.02 Å². The van der Waals surface area contributed by atoms with E-state index in [0.717, 1.165) is 11.3 Å². The van der Waals surface area contributed by atoms with Crippen molar-refractivity contribution in [3.05, 3.63) is 57.9 Å². The third-order valence-corrected chi connectivity index (χ3v) is 6.79. The molecule has 164 valence electrons. The summed E-state index contributed by atoms with van der Waals surface area (Å²) >= 11 is 6.87. The number of hydrogen-bond acceptors (Lipinski definition) is 7. The molecule has 1 aromatic heterocycles. The molecule has 2 aromatic carbocycles. The minimum absolute atomic E-state index is 0.0377. The first-order valence-corrected chi connectivity index (χ1v) is 11.9. The van der Waals surface area contributed by atoms with E-state index < -0.39 is 22.0 Å². The number of benzene rings is 2. The van der Waals surface area contributed by atoms with Crippen LogP contribution < -0.4 is 4.80 Å². The first kappa shape index (κ1) is 23.0. The third kappa shape index (κ3) is 5.33. The lowest BCUT2D eigenvalue weighted by Gasteiger charge is -2.06. The van der Waals surface area contributed by atoms with E-state index in [4.69, 9.17) is 21.1 Å². The van der Waals surface area contributed by atoms with Crippen LogP contribution in [0.4, 0.5) is 0 Å². The number of esters is 2. The molecule has 11 heteroatoms. The fraction of sp³-hybridized carbons (Fsp3) is 0.250. The topological polar surface area (TPSA) is 104 Å². The minimum Gasteiger partial charge on any atom is -0.465 e. The monoisotopic (exact) mass is 482 g/mol. The molecular weight excluding hydrogens is 464 g/mol. The number of halogens is 1. The van der Waals surface area contributed by atoms with Gasteiger partial charge in [-0.15, -0.1) is 4.40 Å². The fourth-order valence-electron chi connectivity index (χ4n) is 2.74. The molecule has 0 fully saturated rings. The Morgan fingerprint density at radius 1 is 1.06 bits per heavy atom. The van der Waals surface area contributed by atoms with Gasteiger partial charge >= 0.3 is 11.9 Å². The van der Waals surface area contributed by atoms with Gasteiger partial charge in [0.05, 0.1) is 33.9 Å². The van der Waals surface area contributed by atoms with Gasteiger partial charge in [0, 0.05) is 5.02 Å². The zero-order chi connectivity index (χ0) is 22.6. The number of carbonyl (C=O) groups excluding carboxylic acids is 2. The predicted molar refractivity (Wildman–Crippen MR) is 117 cm³/mol. The zero-order valence-corrected chi connectivity index (χ0v) is 19.1. The van der Waals surface area contributed by atoms with Crippen molar-refractivity contribution in [1.82, 2.24) is 4.57 Å². The molecule has 3 rings (SSSR count). The first-order valence-electron chi connectivity index (χ1n) is 9.28. The summed E-state index contributed by atoms with van der Waals surface area (Å²) in [4.78, 5) is 24.2. The molecule has 0 bridgehead atoms. The van der Waals surface area contributed by atoms with Gasteiger partial charge < -0.3 is 14.0 Å². The maximum absolute atomic E-state index is 12.8. The smallest absolute Gasteiger partial charge is 0.338 e. The number of nitrogens with zero attached hydrogens (tertiary/aromatic N) is 2. The Morgan fingerprint density at radius 2 is 1.74 bits per heavy atom. The highest BCUT2D eigenvalue weighted by atomic mass is 35.5. The van der Waals surface area contributed by atoms with Crippen LogP contribution in [0.15, 0.2) is 51.8 Å². The summed E-state index contributed by atoms with van der Waals surface area (Å²) in [7, 11) is -4.07.